The van der Waals surface area contributed by atoms with Gasteiger partial charge in [-0.25, -0.2) is 0 Å². The van der Waals surface area contributed by atoms with Crippen LogP contribution in [0, 0.1) is 5.92 Å². The van der Waals surface area contributed by atoms with Crippen LogP contribution >= 0.6 is 15.9 Å². The highest BCUT2D eigenvalue weighted by molar-refractivity contribution is 9.09. The van der Waals surface area contributed by atoms with Gasteiger partial charge in [0, 0.05) is 4.83 Å². The molecule has 1 aromatic rings. The van der Waals surface area contributed by atoms with Gasteiger partial charge in [-0.1, -0.05) is 41.9 Å². The number of alkyl halides is 4. The topological polar surface area (TPSA) is 9.23 Å². The quantitative estimate of drug-likeness (QED) is 0.697. The summed E-state index contributed by atoms with van der Waals surface area (Å²) in [5, 5.41) is 0. The first-order chi connectivity index (χ1) is 8.26. The summed E-state index contributed by atoms with van der Waals surface area (Å²) in [6, 6.07) is 6.06. The van der Waals surface area contributed by atoms with Gasteiger partial charge in [-0.3, -0.25) is 0 Å². The molecule has 0 spiro atoms. The molecular weight excluding hydrogens is 309 g/mol. The molecule has 0 saturated heterocycles. The summed E-state index contributed by atoms with van der Waals surface area (Å²) in [7, 11) is 0. The molecule has 0 bridgehead atoms. The molecule has 18 heavy (non-hydrogen) atoms. The maximum absolute atomic E-state index is 12.0. The van der Waals surface area contributed by atoms with Gasteiger partial charge >= 0.3 is 6.36 Å². The van der Waals surface area contributed by atoms with E-state index < -0.39 is 6.36 Å². The Bertz CT molecular complexity index is 359. The van der Waals surface area contributed by atoms with Gasteiger partial charge in [-0.2, -0.15) is 0 Å². The number of halogens is 4. The molecule has 0 N–H and O–H groups in total. The lowest BCUT2D eigenvalue weighted by molar-refractivity contribution is -0.274. The fraction of sp³-hybridized carbons (Fsp3) is 0.538. The largest absolute Gasteiger partial charge is 0.573 e. The van der Waals surface area contributed by atoms with Crippen molar-refractivity contribution < 1.29 is 17.9 Å². The van der Waals surface area contributed by atoms with Gasteiger partial charge in [0.1, 0.15) is 5.75 Å². The van der Waals surface area contributed by atoms with Crippen LogP contribution in [-0.4, -0.2) is 11.2 Å². The summed E-state index contributed by atoms with van der Waals surface area (Å²) in [5.74, 6) is 0.307. The number of hydrogen-bond donors (Lipinski definition) is 0. The molecule has 0 heterocycles. The zero-order valence-corrected chi connectivity index (χ0v) is 11.9. The van der Waals surface area contributed by atoms with Crippen LogP contribution in [0.4, 0.5) is 13.2 Å². The van der Waals surface area contributed by atoms with Crippen molar-refractivity contribution in [3.63, 3.8) is 0 Å². The lowest BCUT2D eigenvalue weighted by Gasteiger charge is -2.13. The molecule has 0 saturated carbocycles. The molecule has 2 atom stereocenters. The van der Waals surface area contributed by atoms with Gasteiger partial charge in [0.05, 0.1) is 0 Å². The number of ether oxygens (including phenoxy) is 1. The third kappa shape index (κ3) is 6.28. The predicted molar refractivity (Wildman–Crippen MR) is 69.0 cm³/mol. The van der Waals surface area contributed by atoms with Crippen LogP contribution in [0.3, 0.4) is 0 Å². The molecule has 0 aliphatic heterocycles. The molecule has 2 unspecified atom stereocenters. The lowest BCUT2D eigenvalue weighted by Crippen LogP contribution is -2.17. The SMILES string of the molecule is CC(Br)CC(C)Cc1ccc(OC(F)(F)F)cc1. The van der Waals surface area contributed by atoms with Crippen LogP contribution in [0.5, 0.6) is 5.75 Å². The van der Waals surface area contributed by atoms with Crippen LogP contribution in [0.25, 0.3) is 0 Å². The lowest BCUT2D eigenvalue weighted by atomic mass is 9.97. The van der Waals surface area contributed by atoms with Crippen molar-refractivity contribution >= 4 is 15.9 Å². The van der Waals surface area contributed by atoms with Crippen molar-refractivity contribution in [2.75, 3.05) is 0 Å². The Hall–Kier alpha value is -0.710. The summed E-state index contributed by atoms with van der Waals surface area (Å²) in [5.41, 5.74) is 1.02. The minimum Gasteiger partial charge on any atom is -0.406 e. The third-order valence-electron chi connectivity index (χ3n) is 2.47. The number of benzene rings is 1. The highest BCUT2D eigenvalue weighted by Gasteiger charge is 2.30. The van der Waals surface area contributed by atoms with Gasteiger partial charge < -0.3 is 4.74 Å². The van der Waals surface area contributed by atoms with Gasteiger partial charge in [0.15, 0.2) is 0 Å². The first-order valence-corrected chi connectivity index (χ1v) is 6.66. The second-order valence-electron chi connectivity index (χ2n) is 4.52. The van der Waals surface area contributed by atoms with Gasteiger partial charge in [-0.05, 0) is 36.5 Å². The summed E-state index contributed by atoms with van der Waals surface area (Å²) < 4.78 is 39.7. The van der Waals surface area contributed by atoms with Crippen molar-refractivity contribution in [1.29, 1.82) is 0 Å². The minimum atomic E-state index is -4.62. The molecule has 0 aromatic heterocycles. The van der Waals surface area contributed by atoms with E-state index in [1.165, 1.54) is 12.1 Å². The van der Waals surface area contributed by atoms with Crippen molar-refractivity contribution in [2.45, 2.75) is 37.9 Å². The molecule has 0 aliphatic rings. The molecule has 0 fully saturated rings. The first kappa shape index (κ1) is 15.3. The third-order valence-corrected chi connectivity index (χ3v) is 2.84. The molecular formula is C13H16BrF3O. The van der Waals surface area contributed by atoms with Crippen LogP contribution in [0.2, 0.25) is 0 Å². The number of rotatable bonds is 5. The van der Waals surface area contributed by atoms with Crippen LogP contribution < -0.4 is 4.74 Å². The van der Waals surface area contributed by atoms with E-state index >= 15 is 0 Å². The fourth-order valence-electron chi connectivity index (χ4n) is 1.87. The van der Waals surface area contributed by atoms with Crippen molar-refractivity contribution in [3.8, 4) is 5.75 Å². The second kappa shape index (κ2) is 6.45. The average molecular weight is 325 g/mol. The van der Waals surface area contributed by atoms with E-state index in [4.69, 9.17) is 0 Å². The molecule has 1 aromatic carbocycles. The standard InChI is InChI=1S/C13H16BrF3O/c1-9(7-10(2)14)8-11-3-5-12(6-4-11)18-13(15,16)17/h3-6,9-10H,7-8H2,1-2H3. The van der Waals surface area contributed by atoms with Crippen molar-refractivity contribution in [2.24, 2.45) is 5.92 Å². The van der Waals surface area contributed by atoms with E-state index in [-0.39, 0.29) is 5.75 Å². The fourth-order valence-corrected chi connectivity index (χ4v) is 2.51. The Morgan fingerprint density at radius 1 is 1.17 bits per heavy atom. The smallest absolute Gasteiger partial charge is 0.406 e. The van der Waals surface area contributed by atoms with Crippen LogP contribution in [-0.2, 0) is 6.42 Å². The van der Waals surface area contributed by atoms with Crippen LogP contribution in [0.1, 0.15) is 25.8 Å². The molecule has 0 aliphatic carbocycles. The molecule has 5 heteroatoms. The van der Waals surface area contributed by atoms with Gasteiger partial charge in [0.2, 0.25) is 0 Å². The predicted octanol–water partition coefficient (Wildman–Crippen LogP) is 4.94. The minimum absolute atomic E-state index is 0.173. The molecule has 1 nitrogen and oxygen atoms in total. The highest BCUT2D eigenvalue weighted by atomic mass is 79.9. The number of hydrogen-bond acceptors (Lipinski definition) is 1. The summed E-state index contributed by atoms with van der Waals surface area (Å²) in [6.07, 6.45) is -2.75. The van der Waals surface area contributed by atoms with Gasteiger partial charge in [-0.15, -0.1) is 13.2 Å². The Morgan fingerprint density at radius 2 is 1.72 bits per heavy atom. The molecule has 102 valence electrons. The van der Waals surface area contributed by atoms with Crippen molar-refractivity contribution in [1.82, 2.24) is 0 Å². The Morgan fingerprint density at radius 3 is 2.17 bits per heavy atom. The highest BCUT2D eigenvalue weighted by Crippen LogP contribution is 2.24. The van der Waals surface area contributed by atoms with Crippen molar-refractivity contribution in [3.05, 3.63) is 29.8 Å². The summed E-state index contributed by atoms with van der Waals surface area (Å²) >= 11 is 3.49. The first-order valence-electron chi connectivity index (χ1n) is 5.75. The van der Waals surface area contributed by atoms with Gasteiger partial charge in [0.25, 0.3) is 0 Å². The summed E-state index contributed by atoms with van der Waals surface area (Å²) in [4.78, 5) is 0.445. The second-order valence-corrected chi connectivity index (χ2v) is 6.08. The summed E-state index contributed by atoms with van der Waals surface area (Å²) in [6.45, 7) is 4.20. The zero-order chi connectivity index (χ0) is 13.8. The Balaban J connectivity index is 2.55. The molecule has 0 radical (unpaired) electrons. The average Bonchev–Trinajstić information content (AvgIpc) is 2.17. The van der Waals surface area contributed by atoms with E-state index in [9.17, 15) is 13.2 Å². The Kier molecular flexibility index (Phi) is 5.50. The van der Waals surface area contributed by atoms with E-state index in [1.54, 1.807) is 12.1 Å². The van der Waals surface area contributed by atoms with Crippen LogP contribution in [0.15, 0.2) is 24.3 Å². The van der Waals surface area contributed by atoms with E-state index in [0.717, 1.165) is 18.4 Å². The normalized spacial score (nSPS) is 15.2. The monoisotopic (exact) mass is 324 g/mol. The maximum atomic E-state index is 12.0. The van der Waals surface area contributed by atoms with E-state index in [2.05, 4.69) is 34.5 Å². The van der Waals surface area contributed by atoms with E-state index in [1.807, 2.05) is 0 Å². The molecule has 1 rings (SSSR count). The zero-order valence-electron chi connectivity index (χ0n) is 10.3. The molecule has 0 amide bonds. The van der Waals surface area contributed by atoms with E-state index in [0.29, 0.717) is 10.7 Å². The Labute approximate surface area is 113 Å². The maximum Gasteiger partial charge on any atom is 0.573 e.